The number of carbonyl (C=O) groups excluding carboxylic acids is 1. The molecule has 1 fully saturated rings. The number of carbonyl (C=O) groups is 1. The predicted octanol–water partition coefficient (Wildman–Crippen LogP) is 3.25. The summed E-state index contributed by atoms with van der Waals surface area (Å²) < 4.78 is 0. The normalized spacial score (nSPS) is 17.8. The molecule has 1 N–H and O–H groups in total. The lowest BCUT2D eigenvalue weighted by atomic mass is 9.99. The van der Waals surface area contributed by atoms with Gasteiger partial charge in [-0.2, -0.15) is 0 Å². The molecule has 1 aromatic carbocycles. The molecule has 4 heteroatoms. The van der Waals surface area contributed by atoms with Gasteiger partial charge in [-0.3, -0.25) is 9.78 Å². The maximum atomic E-state index is 12.0. The van der Waals surface area contributed by atoms with Gasteiger partial charge in [0.1, 0.15) is 0 Å². The van der Waals surface area contributed by atoms with Crippen molar-refractivity contribution in [2.24, 2.45) is 5.92 Å². The standard InChI is InChI=1S/C19H23N3O/c1-15-4-3-11-22(14-15)18-8-6-16(7-9-18)12-21-19(23)17-5-2-10-20-13-17/h2,5-10,13,15H,3-4,11-12,14H2,1H3,(H,21,23)/t15-/m1/s1. The first kappa shape index (κ1) is 15.5. The van der Waals surface area contributed by atoms with Crippen molar-refractivity contribution in [3.05, 3.63) is 59.9 Å². The molecule has 23 heavy (non-hydrogen) atoms. The van der Waals surface area contributed by atoms with Gasteiger partial charge in [-0.25, -0.2) is 0 Å². The van der Waals surface area contributed by atoms with Crippen LogP contribution in [0.25, 0.3) is 0 Å². The first-order valence-electron chi connectivity index (χ1n) is 8.24. The average molecular weight is 309 g/mol. The van der Waals surface area contributed by atoms with E-state index in [0.717, 1.165) is 24.6 Å². The highest BCUT2D eigenvalue weighted by Crippen LogP contribution is 2.23. The number of hydrogen-bond acceptors (Lipinski definition) is 3. The van der Waals surface area contributed by atoms with Gasteiger partial charge in [-0.05, 0) is 48.6 Å². The van der Waals surface area contributed by atoms with E-state index in [9.17, 15) is 4.79 Å². The van der Waals surface area contributed by atoms with E-state index in [2.05, 4.69) is 46.4 Å². The number of benzene rings is 1. The highest BCUT2D eigenvalue weighted by atomic mass is 16.1. The molecular formula is C19H23N3O. The van der Waals surface area contributed by atoms with Crippen LogP contribution < -0.4 is 10.2 Å². The number of rotatable bonds is 4. The van der Waals surface area contributed by atoms with Gasteiger partial charge in [0.2, 0.25) is 0 Å². The fourth-order valence-corrected chi connectivity index (χ4v) is 3.03. The van der Waals surface area contributed by atoms with Crippen LogP contribution in [0.4, 0.5) is 5.69 Å². The van der Waals surface area contributed by atoms with E-state index in [1.807, 2.05) is 0 Å². The number of nitrogens with one attached hydrogen (secondary N) is 1. The minimum Gasteiger partial charge on any atom is -0.371 e. The highest BCUT2D eigenvalue weighted by Gasteiger charge is 2.16. The van der Waals surface area contributed by atoms with Gasteiger partial charge in [0.25, 0.3) is 5.91 Å². The van der Waals surface area contributed by atoms with Gasteiger partial charge in [0, 0.05) is 37.7 Å². The van der Waals surface area contributed by atoms with E-state index in [1.54, 1.807) is 24.5 Å². The fourth-order valence-electron chi connectivity index (χ4n) is 3.03. The van der Waals surface area contributed by atoms with Gasteiger partial charge < -0.3 is 10.2 Å². The monoisotopic (exact) mass is 309 g/mol. The molecule has 3 rings (SSSR count). The molecule has 1 saturated heterocycles. The molecule has 0 unspecified atom stereocenters. The van der Waals surface area contributed by atoms with Crippen molar-refractivity contribution < 1.29 is 4.79 Å². The zero-order chi connectivity index (χ0) is 16.1. The Morgan fingerprint density at radius 1 is 1.30 bits per heavy atom. The second-order valence-electron chi connectivity index (χ2n) is 6.28. The van der Waals surface area contributed by atoms with Gasteiger partial charge in [-0.15, -0.1) is 0 Å². The van der Waals surface area contributed by atoms with E-state index < -0.39 is 0 Å². The number of hydrogen-bond donors (Lipinski definition) is 1. The maximum absolute atomic E-state index is 12.0. The third-order valence-corrected chi connectivity index (χ3v) is 4.34. The number of amides is 1. The molecule has 1 aliphatic rings. The molecule has 0 saturated carbocycles. The summed E-state index contributed by atoms with van der Waals surface area (Å²) in [6.07, 6.45) is 5.84. The minimum atomic E-state index is -0.0907. The molecule has 1 amide bonds. The van der Waals surface area contributed by atoms with Crippen LogP contribution in [0.5, 0.6) is 0 Å². The lowest BCUT2D eigenvalue weighted by Crippen LogP contribution is -2.34. The molecule has 0 radical (unpaired) electrons. The van der Waals surface area contributed by atoms with Crippen LogP contribution in [0.1, 0.15) is 35.7 Å². The van der Waals surface area contributed by atoms with Crippen molar-refractivity contribution >= 4 is 11.6 Å². The van der Waals surface area contributed by atoms with Crippen LogP contribution in [0, 0.1) is 5.92 Å². The summed E-state index contributed by atoms with van der Waals surface area (Å²) in [5.74, 6) is 0.675. The summed E-state index contributed by atoms with van der Waals surface area (Å²) in [7, 11) is 0. The first-order valence-corrected chi connectivity index (χ1v) is 8.24. The van der Waals surface area contributed by atoms with Crippen molar-refractivity contribution in [2.45, 2.75) is 26.3 Å². The number of piperidine rings is 1. The zero-order valence-corrected chi connectivity index (χ0v) is 13.5. The molecule has 120 valence electrons. The largest absolute Gasteiger partial charge is 0.371 e. The summed E-state index contributed by atoms with van der Waals surface area (Å²) in [4.78, 5) is 18.4. The molecule has 1 aromatic heterocycles. The SMILES string of the molecule is C[C@@H]1CCCN(c2ccc(CNC(=O)c3cccnc3)cc2)C1. The van der Waals surface area contributed by atoms with Gasteiger partial charge >= 0.3 is 0 Å². The quantitative estimate of drug-likeness (QED) is 0.943. The Morgan fingerprint density at radius 3 is 2.83 bits per heavy atom. The third-order valence-electron chi connectivity index (χ3n) is 4.34. The van der Waals surface area contributed by atoms with E-state index in [0.29, 0.717) is 12.1 Å². The molecule has 0 spiro atoms. The van der Waals surface area contributed by atoms with E-state index in [4.69, 9.17) is 0 Å². The summed E-state index contributed by atoms with van der Waals surface area (Å²) in [5.41, 5.74) is 2.97. The molecular weight excluding hydrogens is 286 g/mol. The number of nitrogens with zero attached hydrogens (tertiary/aromatic N) is 2. The van der Waals surface area contributed by atoms with Gasteiger partial charge in [0.15, 0.2) is 0 Å². The van der Waals surface area contributed by atoms with Crippen LogP contribution in [0.3, 0.4) is 0 Å². The molecule has 0 aliphatic carbocycles. The molecule has 4 nitrogen and oxygen atoms in total. The van der Waals surface area contributed by atoms with Crippen LogP contribution in [-0.2, 0) is 6.54 Å². The molecule has 1 aliphatic heterocycles. The van der Waals surface area contributed by atoms with Crippen molar-refractivity contribution in [2.75, 3.05) is 18.0 Å². The highest BCUT2D eigenvalue weighted by molar-refractivity contribution is 5.93. The predicted molar refractivity (Wildman–Crippen MR) is 92.5 cm³/mol. The Hall–Kier alpha value is -2.36. The van der Waals surface area contributed by atoms with E-state index in [1.165, 1.54) is 18.5 Å². The first-order chi connectivity index (χ1) is 11.2. The second-order valence-corrected chi connectivity index (χ2v) is 6.28. The van der Waals surface area contributed by atoms with Crippen LogP contribution in [-0.4, -0.2) is 24.0 Å². The molecule has 2 heterocycles. The van der Waals surface area contributed by atoms with Gasteiger partial charge in [-0.1, -0.05) is 19.1 Å². The maximum Gasteiger partial charge on any atom is 0.253 e. The van der Waals surface area contributed by atoms with Crippen molar-refractivity contribution in [3.63, 3.8) is 0 Å². The Balaban J connectivity index is 1.56. The Kier molecular flexibility index (Phi) is 4.91. The fraction of sp³-hybridized carbons (Fsp3) is 0.368. The summed E-state index contributed by atoms with van der Waals surface area (Å²) in [6.45, 7) is 5.12. The minimum absolute atomic E-state index is 0.0907. The Labute approximate surface area is 137 Å². The molecule has 0 bridgehead atoms. The Morgan fingerprint density at radius 2 is 2.13 bits per heavy atom. The van der Waals surface area contributed by atoms with E-state index >= 15 is 0 Å². The number of anilines is 1. The summed E-state index contributed by atoms with van der Waals surface area (Å²) >= 11 is 0. The van der Waals surface area contributed by atoms with Crippen LogP contribution in [0.15, 0.2) is 48.8 Å². The third kappa shape index (κ3) is 4.09. The number of aromatic nitrogens is 1. The second kappa shape index (κ2) is 7.27. The van der Waals surface area contributed by atoms with Crippen molar-refractivity contribution in [3.8, 4) is 0 Å². The van der Waals surface area contributed by atoms with Gasteiger partial charge in [0.05, 0.1) is 5.56 Å². The van der Waals surface area contributed by atoms with Crippen molar-refractivity contribution in [1.29, 1.82) is 0 Å². The van der Waals surface area contributed by atoms with Crippen molar-refractivity contribution in [1.82, 2.24) is 10.3 Å². The van der Waals surface area contributed by atoms with Crippen LogP contribution >= 0.6 is 0 Å². The van der Waals surface area contributed by atoms with E-state index in [-0.39, 0.29) is 5.91 Å². The van der Waals surface area contributed by atoms with Crippen LogP contribution in [0.2, 0.25) is 0 Å². The topological polar surface area (TPSA) is 45.2 Å². The molecule has 1 atom stereocenters. The Bertz CT molecular complexity index is 639. The molecule has 2 aromatic rings. The lowest BCUT2D eigenvalue weighted by molar-refractivity contribution is 0.0950. The zero-order valence-electron chi connectivity index (χ0n) is 13.5. The summed E-state index contributed by atoms with van der Waals surface area (Å²) in [5, 5.41) is 2.93. The summed E-state index contributed by atoms with van der Waals surface area (Å²) in [6, 6.07) is 12.0. The number of pyridine rings is 1. The average Bonchev–Trinajstić information content (AvgIpc) is 2.61. The smallest absolute Gasteiger partial charge is 0.253 e. The lowest BCUT2D eigenvalue weighted by Gasteiger charge is -2.32.